The molecule has 188 valence electrons. The Hall–Kier alpha value is -3.21. The van der Waals surface area contributed by atoms with Gasteiger partial charge in [-0.05, 0) is 37.3 Å². The van der Waals surface area contributed by atoms with E-state index in [1.54, 1.807) is 26.2 Å². The van der Waals surface area contributed by atoms with Gasteiger partial charge in [0.2, 0.25) is 15.9 Å². The second-order valence-corrected chi connectivity index (χ2v) is 11.3. The van der Waals surface area contributed by atoms with Gasteiger partial charge in [0.15, 0.2) is 5.82 Å². The van der Waals surface area contributed by atoms with E-state index >= 15 is 0 Å². The quantitative estimate of drug-likeness (QED) is 0.386. The number of benzene rings is 1. The highest BCUT2D eigenvalue weighted by Gasteiger charge is 2.64. The molecule has 2 aromatic heterocycles. The topological polar surface area (TPSA) is 118 Å². The summed E-state index contributed by atoms with van der Waals surface area (Å²) in [5.74, 6) is 1.30. The van der Waals surface area contributed by atoms with Gasteiger partial charge in [-0.3, -0.25) is 4.79 Å². The van der Waals surface area contributed by atoms with Gasteiger partial charge in [0.1, 0.15) is 11.5 Å². The van der Waals surface area contributed by atoms with Gasteiger partial charge in [-0.25, -0.2) is 15.0 Å². The van der Waals surface area contributed by atoms with Gasteiger partial charge in [-0.15, -0.1) is 0 Å². The maximum atomic E-state index is 12.3. The number of amides is 1. The van der Waals surface area contributed by atoms with E-state index in [1.807, 2.05) is 30.3 Å². The summed E-state index contributed by atoms with van der Waals surface area (Å²) in [7, 11) is 3.40. The molecule has 2 aliphatic rings. The van der Waals surface area contributed by atoms with Crippen molar-refractivity contribution in [2.24, 2.45) is 0 Å². The fourth-order valence-corrected chi connectivity index (χ4v) is 5.93. The molecule has 0 spiro atoms. The highest BCUT2D eigenvalue weighted by atomic mass is 32.2. The van der Waals surface area contributed by atoms with Crippen molar-refractivity contribution in [1.82, 2.24) is 19.9 Å². The summed E-state index contributed by atoms with van der Waals surface area (Å²) >= 11 is -1.20. The number of nitrogen functional groups attached to an aromatic ring is 1. The Bertz CT molecular complexity index is 1250. The van der Waals surface area contributed by atoms with Crippen LogP contribution in [0.5, 0.6) is 0 Å². The Morgan fingerprint density at radius 1 is 1.19 bits per heavy atom. The van der Waals surface area contributed by atoms with Gasteiger partial charge < -0.3 is 20.3 Å². The first kappa shape index (κ1) is 24.5. The van der Waals surface area contributed by atoms with E-state index in [2.05, 4.69) is 16.8 Å². The Morgan fingerprint density at radius 3 is 2.56 bits per heavy atom. The van der Waals surface area contributed by atoms with Gasteiger partial charge in [-0.1, -0.05) is 0 Å². The van der Waals surface area contributed by atoms with Crippen molar-refractivity contribution in [3.63, 3.8) is 0 Å². The first-order valence-corrected chi connectivity index (χ1v) is 13.2. The molecule has 10 heteroatoms. The molecule has 2 fully saturated rings. The fourth-order valence-electron chi connectivity index (χ4n) is 4.39. The summed E-state index contributed by atoms with van der Waals surface area (Å²) in [4.78, 5) is 30.3. The standard InChI is InChI=1S/C26H31N6O3S/c1-17-16-35-13-12-32(17)22-14-21(29-24(30-22)18-4-7-20(27)8-5-18)26(10-11-26)36(34)23-9-6-19(15-28-23)25(33)31(2)3/h4-9,14-15,17,34H,10-13,16,27H2,1-3H3/q+1/t17-,36?/m0/s1. The lowest BCUT2D eigenvalue weighted by molar-refractivity contribution is 0.0827. The van der Waals surface area contributed by atoms with Crippen LogP contribution >= 0.6 is 0 Å². The normalized spacial score (nSPS) is 19.6. The molecule has 36 heavy (non-hydrogen) atoms. The van der Waals surface area contributed by atoms with Crippen molar-refractivity contribution < 1.29 is 14.1 Å². The van der Waals surface area contributed by atoms with E-state index in [-0.39, 0.29) is 11.9 Å². The number of hydrogen-bond acceptors (Lipinski definition) is 8. The third-order valence-electron chi connectivity index (χ3n) is 6.67. The van der Waals surface area contributed by atoms with Crippen LogP contribution in [0.25, 0.3) is 11.4 Å². The van der Waals surface area contributed by atoms with Crippen LogP contribution < -0.4 is 10.6 Å². The number of anilines is 2. The molecule has 3 aromatic rings. The van der Waals surface area contributed by atoms with Crippen LogP contribution in [-0.4, -0.2) is 70.2 Å². The zero-order valence-electron chi connectivity index (χ0n) is 20.7. The van der Waals surface area contributed by atoms with Crippen LogP contribution in [-0.2, 0) is 20.7 Å². The molecular formula is C26H31N6O3S+. The van der Waals surface area contributed by atoms with E-state index in [0.717, 1.165) is 36.5 Å². The largest absolute Gasteiger partial charge is 0.399 e. The first-order chi connectivity index (χ1) is 17.3. The lowest BCUT2D eigenvalue weighted by Crippen LogP contribution is -2.44. The minimum absolute atomic E-state index is 0.124. The number of carbonyl (C=O) groups is 1. The number of carbonyl (C=O) groups excluding carboxylic acids is 1. The van der Waals surface area contributed by atoms with E-state index in [4.69, 9.17) is 20.4 Å². The maximum Gasteiger partial charge on any atom is 0.282 e. The molecule has 9 nitrogen and oxygen atoms in total. The second kappa shape index (κ2) is 9.68. The Labute approximate surface area is 213 Å². The fraction of sp³-hybridized carbons (Fsp3) is 0.385. The van der Waals surface area contributed by atoms with Crippen LogP contribution in [0.4, 0.5) is 11.5 Å². The number of pyridine rings is 1. The number of morpholine rings is 1. The molecule has 3 heterocycles. The number of nitrogens with two attached hydrogens (primary N) is 1. The molecule has 0 radical (unpaired) electrons. The third-order valence-corrected chi connectivity index (χ3v) is 8.67. The second-order valence-electron chi connectivity index (χ2n) is 9.54. The van der Waals surface area contributed by atoms with Crippen LogP contribution in [0, 0.1) is 0 Å². The maximum absolute atomic E-state index is 12.3. The van der Waals surface area contributed by atoms with Gasteiger partial charge >= 0.3 is 0 Å². The Morgan fingerprint density at radius 2 is 1.94 bits per heavy atom. The number of hydrogen-bond donors (Lipinski definition) is 2. The van der Waals surface area contributed by atoms with Crippen LogP contribution in [0.15, 0.2) is 53.7 Å². The molecule has 3 N–H and O–H groups in total. The molecule has 0 bridgehead atoms. The average Bonchev–Trinajstić information content (AvgIpc) is 3.70. The highest BCUT2D eigenvalue weighted by Crippen LogP contribution is 2.55. The van der Waals surface area contributed by atoms with E-state index in [9.17, 15) is 9.35 Å². The molecule has 1 amide bonds. The Kier molecular flexibility index (Phi) is 6.59. The summed E-state index contributed by atoms with van der Waals surface area (Å²) < 4.78 is 16.6. The van der Waals surface area contributed by atoms with Crippen LogP contribution in [0.2, 0.25) is 0 Å². The van der Waals surface area contributed by atoms with Crippen molar-refractivity contribution in [1.29, 1.82) is 0 Å². The minimum Gasteiger partial charge on any atom is -0.399 e. The summed E-state index contributed by atoms with van der Waals surface area (Å²) in [6.07, 6.45) is 3.12. The van der Waals surface area contributed by atoms with E-state index < -0.39 is 15.9 Å². The lowest BCUT2D eigenvalue weighted by atomic mass is 10.1. The molecule has 2 atom stereocenters. The molecular weight excluding hydrogens is 476 g/mol. The molecule has 1 aliphatic carbocycles. The SMILES string of the molecule is C[C@H]1COCCN1c1cc(C2([S+](O)c3ccc(C(=O)N(C)C)cn3)CC2)nc(-c2ccc(N)cc2)n1. The predicted molar refractivity (Wildman–Crippen MR) is 141 cm³/mol. The average molecular weight is 508 g/mol. The Balaban J connectivity index is 1.53. The molecule has 1 aliphatic heterocycles. The number of aromatic nitrogens is 3. The third kappa shape index (κ3) is 4.63. The van der Waals surface area contributed by atoms with Crippen molar-refractivity contribution in [2.75, 3.05) is 44.5 Å². The number of ether oxygens (including phenoxy) is 1. The summed E-state index contributed by atoms with van der Waals surface area (Å²) in [5, 5.41) is 0.553. The van der Waals surface area contributed by atoms with Gasteiger partial charge in [0.25, 0.3) is 10.9 Å². The molecule has 1 saturated carbocycles. The van der Waals surface area contributed by atoms with Gasteiger partial charge in [0.05, 0.1) is 24.8 Å². The van der Waals surface area contributed by atoms with Crippen molar-refractivity contribution in [3.05, 3.63) is 59.9 Å². The van der Waals surface area contributed by atoms with Gasteiger partial charge in [0, 0.05) is 63.1 Å². The van der Waals surface area contributed by atoms with E-state index in [0.29, 0.717) is 35.3 Å². The summed E-state index contributed by atoms with van der Waals surface area (Å²) in [6, 6.07) is 13.2. The highest BCUT2D eigenvalue weighted by molar-refractivity contribution is 7.92. The summed E-state index contributed by atoms with van der Waals surface area (Å²) in [5.41, 5.74) is 8.74. The van der Waals surface area contributed by atoms with Crippen LogP contribution in [0.3, 0.4) is 0 Å². The minimum atomic E-state index is -1.20. The molecule has 5 rings (SSSR count). The van der Waals surface area contributed by atoms with Crippen LogP contribution in [0.1, 0.15) is 35.8 Å². The van der Waals surface area contributed by atoms with Crippen molar-refractivity contribution >= 4 is 28.6 Å². The molecule has 1 unspecified atom stereocenters. The zero-order chi connectivity index (χ0) is 25.4. The number of rotatable bonds is 6. The van der Waals surface area contributed by atoms with Gasteiger partial charge in [-0.2, -0.15) is 4.55 Å². The van der Waals surface area contributed by atoms with Crippen molar-refractivity contribution in [2.45, 2.75) is 35.6 Å². The van der Waals surface area contributed by atoms with E-state index in [1.165, 1.54) is 11.1 Å². The lowest BCUT2D eigenvalue weighted by Gasteiger charge is -2.34. The monoisotopic (exact) mass is 507 g/mol. The zero-order valence-corrected chi connectivity index (χ0v) is 21.5. The summed E-state index contributed by atoms with van der Waals surface area (Å²) in [6.45, 7) is 4.12. The van der Waals surface area contributed by atoms with Crippen molar-refractivity contribution in [3.8, 4) is 11.4 Å². The predicted octanol–water partition coefficient (Wildman–Crippen LogP) is 3.19. The first-order valence-electron chi connectivity index (χ1n) is 12.0. The smallest absolute Gasteiger partial charge is 0.282 e. The number of nitrogens with zero attached hydrogens (tertiary/aromatic N) is 5. The molecule has 1 aromatic carbocycles. The molecule has 1 saturated heterocycles.